The van der Waals surface area contributed by atoms with Crippen LogP contribution in [0.25, 0.3) is 0 Å². The Labute approximate surface area is 101 Å². The van der Waals surface area contributed by atoms with E-state index in [0.29, 0.717) is 22.3 Å². The molecule has 1 aromatic heterocycles. The van der Waals surface area contributed by atoms with Crippen molar-refractivity contribution in [1.82, 2.24) is 15.4 Å². The van der Waals surface area contributed by atoms with E-state index in [2.05, 4.69) is 26.4 Å². The van der Waals surface area contributed by atoms with E-state index in [1.54, 1.807) is 6.07 Å². The number of fused-ring (bicyclic) bond motifs is 1. The molecule has 2 unspecified atom stereocenters. The molecular weight excluding hydrogens is 274 g/mol. The summed E-state index contributed by atoms with van der Waals surface area (Å²) in [6.45, 7) is 2.68. The van der Waals surface area contributed by atoms with E-state index >= 15 is 0 Å². The Balaban J connectivity index is 1.73. The predicted octanol–water partition coefficient (Wildman–Crippen LogP) is 0.871. The van der Waals surface area contributed by atoms with Crippen LogP contribution in [0.1, 0.15) is 17.0 Å². The minimum Gasteiger partial charge on any atom is -0.350 e. The zero-order valence-electron chi connectivity index (χ0n) is 8.65. The second-order valence-corrected chi connectivity index (χ2v) is 5.15. The number of halogens is 1. The van der Waals surface area contributed by atoms with Crippen LogP contribution in [0.3, 0.4) is 0 Å². The lowest BCUT2D eigenvalue weighted by Gasteiger charge is -2.14. The molecule has 5 nitrogen and oxygen atoms in total. The Bertz CT molecular complexity index is 408. The van der Waals surface area contributed by atoms with Gasteiger partial charge in [-0.25, -0.2) is 0 Å². The van der Waals surface area contributed by atoms with Gasteiger partial charge in [0.05, 0.1) is 0 Å². The summed E-state index contributed by atoms with van der Waals surface area (Å²) in [5.74, 6) is 0.858. The third-order valence-corrected chi connectivity index (χ3v) is 3.72. The summed E-state index contributed by atoms with van der Waals surface area (Å²) >= 11 is 3.17. The highest BCUT2D eigenvalue weighted by molar-refractivity contribution is 9.10. The van der Waals surface area contributed by atoms with Gasteiger partial charge in [-0.1, -0.05) is 5.16 Å². The number of carbonyl (C=O) groups is 1. The highest BCUT2D eigenvalue weighted by Gasteiger charge is 2.38. The van der Waals surface area contributed by atoms with Crippen LogP contribution < -0.4 is 5.32 Å². The molecule has 0 aliphatic carbocycles. The van der Waals surface area contributed by atoms with Crippen LogP contribution in [0.4, 0.5) is 0 Å². The standard InChI is InChI=1S/C10H12BrN3O2/c11-9-3-8(16-13-9)10(15)14-4-6-1-2-12-7(6)5-14/h3,6-7,12H,1-2,4-5H2. The van der Waals surface area contributed by atoms with E-state index in [-0.39, 0.29) is 5.91 Å². The maximum Gasteiger partial charge on any atom is 0.292 e. The Morgan fingerprint density at radius 1 is 1.62 bits per heavy atom. The van der Waals surface area contributed by atoms with Crippen molar-refractivity contribution in [2.45, 2.75) is 12.5 Å². The van der Waals surface area contributed by atoms with E-state index in [4.69, 9.17) is 4.52 Å². The number of aromatic nitrogens is 1. The normalized spacial score (nSPS) is 28.4. The fraction of sp³-hybridized carbons (Fsp3) is 0.600. The Hall–Kier alpha value is -0.880. The number of nitrogens with one attached hydrogen (secondary N) is 1. The molecule has 2 aliphatic rings. The fourth-order valence-corrected chi connectivity index (χ4v) is 2.81. The van der Waals surface area contributed by atoms with Gasteiger partial charge in [0, 0.05) is 25.2 Å². The molecule has 0 radical (unpaired) electrons. The molecule has 2 fully saturated rings. The van der Waals surface area contributed by atoms with Crippen molar-refractivity contribution in [3.8, 4) is 0 Å². The van der Waals surface area contributed by atoms with Gasteiger partial charge in [0.15, 0.2) is 0 Å². The maximum atomic E-state index is 12.0. The highest BCUT2D eigenvalue weighted by atomic mass is 79.9. The zero-order chi connectivity index (χ0) is 11.1. The van der Waals surface area contributed by atoms with Gasteiger partial charge in [0.25, 0.3) is 5.91 Å². The van der Waals surface area contributed by atoms with Crippen LogP contribution in [0.15, 0.2) is 15.2 Å². The van der Waals surface area contributed by atoms with Gasteiger partial charge in [-0.3, -0.25) is 4.79 Å². The third-order valence-electron chi connectivity index (χ3n) is 3.34. The van der Waals surface area contributed by atoms with E-state index in [1.807, 2.05) is 4.90 Å². The fourth-order valence-electron chi connectivity index (χ4n) is 2.53. The average Bonchev–Trinajstić information content (AvgIpc) is 2.89. The van der Waals surface area contributed by atoms with Crippen LogP contribution in [0.5, 0.6) is 0 Å². The van der Waals surface area contributed by atoms with Crippen LogP contribution in [0.2, 0.25) is 0 Å². The number of hydrogen-bond donors (Lipinski definition) is 1. The molecule has 3 rings (SSSR count). The van der Waals surface area contributed by atoms with Crippen molar-refractivity contribution in [2.24, 2.45) is 5.92 Å². The van der Waals surface area contributed by atoms with Gasteiger partial charge in [-0.15, -0.1) is 0 Å². The molecule has 0 spiro atoms. The lowest BCUT2D eigenvalue weighted by molar-refractivity contribution is 0.0741. The van der Waals surface area contributed by atoms with Crippen molar-refractivity contribution in [3.63, 3.8) is 0 Å². The summed E-state index contributed by atoms with van der Waals surface area (Å²) in [5.41, 5.74) is 0. The molecule has 2 aliphatic heterocycles. The van der Waals surface area contributed by atoms with Crippen molar-refractivity contribution in [2.75, 3.05) is 19.6 Å². The van der Waals surface area contributed by atoms with Crippen LogP contribution in [-0.2, 0) is 0 Å². The van der Waals surface area contributed by atoms with Crippen molar-refractivity contribution in [3.05, 3.63) is 16.4 Å². The number of amides is 1. The molecule has 0 bridgehead atoms. The van der Waals surface area contributed by atoms with Crippen LogP contribution in [-0.4, -0.2) is 41.6 Å². The summed E-state index contributed by atoms with van der Waals surface area (Å²) in [6.07, 6.45) is 1.16. The molecule has 0 saturated carbocycles. The number of hydrogen-bond acceptors (Lipinski definition) is 4. The SMILES string of the molecule is O=C(c1cc(Br)no1)N1CC2CCNC2C1. The van der Waals surface area contributed by atoms with Gasteiger partial charge in [-0.2, -0.15) is 0 Å². The molecule has 1 aromatic rings. The second kappa shape index (κ2) is 3.85. The van der Waals surface area contributed by atoms with Crippen molar-refractivity contribution in [1.29, 1.82) is 0 Å². The largest absolute Gasteiger partial charge is 0.350 e. The summed E-state index contributed by atoms with van der Waals surface area (Å²) < 4.78 is 5.52. The second-order valence-electron chi connectivity index (χ2n) is 4.33. The van der Waals surface area contributed by atoms with Crippen LogP contribution >= 0.6 is 15.9 Å². The van der Waals surface area contributed by atoms with Gasteiger partial charge in [-0.05, 0) is 34.8 Å². The molecule has 1 N–H and O–H groups in total. The maximum absolute atomic E-state index is 12.0. The highest BCUT2D eigenvalue weighted by Crippen LogP contribution is 2.26. The first-order chi connectivity index (χ1) is 7.74. The number of carbonyl (C=O) groups excluding carboxylic acids is 1. The Morgan fingerprint density at radius 2 is 2.50 bits per heavy atom. The van der Waals surface area contributed by atoms with Crippen molar-refractivity contribution < 1.29 is 9.32 Å². The minimum absolute atomic E-state index is 0.0607. The first-order valence-corrected chi connectivity index (χ1v) is 6.18. The molecule has 2 atom stereocenters. The molecule has 6 heteroatoms. The third kappa shape index (κ3) is 1.66. The van der Waals surface area contributed by atoms with E-state index in [0.717, 1.165) is 26.1 Å². The molecule has 16 heavy (non-hydrogen) atoms. The Morgan fingerprint density at radius 3 is 3.19 bits per heavy atom. The number of nitrogens with zero attached hydrogens (tertiary/aromatic N) is 2. The zero-order valence-corrected chi connectivity index (χ0v) is 10.2. The number of rotatable bonds is 1. The van der Waals surface area contributed by atoms with Crippen molar-refractivity contribution >= 4 is 21.8 Å². The van der Waals surface area contributed by atoms with Gasteiger partial charge >= 0.3 is 0 Å². The summed E-state index contributed by atoms with van der Waals surface area (Å²) in [4.78, 5) is 13.9. The summed E-state index contributed by atoms with van der Waals surface area (Å²) in [6, 6.07) is 2.08. The number of likely N-dealkylation sites (tertiary alicyclic amines) is 1. The molecule has 86 valence electrons. The van der Waals surface area contributed by atoms with E-state index < -0.39 is 0 Å². The summed E-state index contributed by atoms with van der Waals surface area (Å²) in [5, 5.41) is 7.07. The molecule has 0 aromatic carbocycles. The average molecular weight is 286 g/mol. The lowest BCUT2D eigenvalue weighted by Crippen LogP contribution is -2.33. The topological polar surface area (TPSA) is 58.4 Å². The summed E-state index contributed by atoms with van der Waals surface area (Å²) in [7, 11) is 0. The monoisotopic (exact) mass is 285 g/mol. The minimum atomic E-state index is -0.0607. The molecule has 1 amide bonds. The molecule has 3 heterocycles. The quantitative estimate of drug-likeness (QED) is 0.832. The van der Waals surface area contributed by atoms with Gasteiger partial charge < -0.3 is 14.7 Å². The first kappa shape index (κ1) is 10.3. The van der Waals surface area contributed by atoms with Gasteiger partial charge in [0.1, 0.15) is 4.60 Å². The molecular formula is C10H12BrN3O2. The van der Waals surface area contributed by atoms with Gasteiger partial charge in [0.2, 0.25) is 5.76 Å². The Kier molecular flexibility index (Phi) is 2.48. The van der Waals surface area contributed by atoms with E-state index in [1.165, 1.54) is 0 Å². The van der Waals surface area contributed by atoms with E-state index in [9.17, 15) is 4.79 Å². The van der Waals surface area contributed by atoms with Crippen LogP contribution in [0, 0.1) is 5.92 Å². The molecule has 2 saturated heterocycles. The first-order valence-electron chi connectivity index (χ1n) is 5.39. The lowest BCUT2D eigenvalue weighted by atomic mass is 10.1. The predicted molar refractivity (Wildman–Crippen MR) is 60.0 cm³/mol. The smallest absolute Gasteiger partial charge is 0.292 e.